The van der Waals surface area contributed by atoms with Gasteiger partial charge in [-0.1, -0.05) is 18.2 Å². The van der Waals surface area contributed by atoms with Gasteiger partial charge < -0.3 is 4.90 Å². The van der Waals surface area contributed by atoms with Gasteiger partial charge >= 0.3 is 0 Å². The van der Waals surface area contributed by atoms with Crippen molar-refractivity contribution in [1.82, 2.24) is 14.8 Å². The van der Waals surface area contributed by atoms with Gasteiger partial charge in [-0.05, 0) is 29.3 Å². The second-order valence-corrected chi connectivity index (χ2v) is 5.83. The second-order valence-electron chi connectivity index (χ2n) is 5.83. The van der Waals surface area contributed by atoms with Gasteiger partial charge in [-0.15, -0.1) is 0 Å². The highest BCUT2D eigenvalue weighted by atomic mass is 19.1. The van der Waals surface area contributed by atoms with Gasteiger partial charge in [-0.25, -0.2) is 4.39 Å². The molecule has 2 heterocycles. The van der Waals surface area contributed by atoms with Gasteiger partial charge in [0.2, 0.25) is 5.91 Å². The molecule has 5 heteroatoms. The molecule has 2 aromatic rings. The zero-order valence-electron chi connectivity index (χ0n) is 13.0. The summed E-state index contributed by atoms with van der Waals surface area (Å²) in [7, 11) is 0. The number of hydrogen-bond acceptors (Lipinski definition) is 3. The SMILES string of the molecule is O=C1CCN(Cc2cccnc2)CCN1Cc1ccc(F)cc1. The lowest BCUT2D eigenvalue weighted by Gasteiger charge is -2.22. The van der Waals surface area contributed by atoms with E-state index in [2.05, 4.69) is 16.0 Å². The Hall–Kier alpha value is -2.27. The van der Waals surface area contributed by atoms with Crippen LogP contribution in [0.3, 0.4) is 0 Å². The van der Waals surface area contributed by atoms with Crippen molar-refractivity contribution in [3.05, 3.63) is 65.7 Å². The zero-order valence-corrected chi connectivity index (χ0v) is 13.0. The number of halogens is 1. The van der Waals surface area contributed by atoms with E-state index in [1.807, 2.05) is 17.2 Å². The molecule has 1 aromatic carbocycles. The summed E-state index contributed by atoms with van der Waals surface area (Å²) in [5.74, 6) is -0.0957. The van der Waals surface area contributed by atoms with E-state index < -0.39 is 0 Å². The van der Waals surface area contributed by atoms with Crippen LogP contribution in [0.1, 0.15) is 17.5 Å². The molecule has 1 amide bonds. The average molecular weight is 313 g/mol. The minimum atomic E-state index is -0.251. The molecule has 3 rings (SSSR count). The van der Waals surface area contributed by atoms with Crippen molar-refractivity contribution in [2.75, 3.05) is 19.6 Å². The highest BCUT2D eigenvalue weighted by Crippen LogP contribution is 2.13. The first-order valence-corrected chi connectivity index (χ1v) is 7.84. The van der Waals surface area contributed by atoms with Gasteiger partial charge in [-0.2, -0.15) is 0 Å². The van der Waals surface area contributed by atoms with Crippen molar-refractivity contribution < 1.29 is 9.18 Å². The van der Waals surface area contributed by atoms with Crippen molar-refractivity contribution in [1.29, 1.82) is 0 Å². The monoisotopic (exact) mass is 313 g/mol. The summed E-state index contributed by atoms with van der Waals surface area (Å²) in [5, 5.41) is 0. The predicted octanol–water partition coefficient (Wildman–Crippen LogP) is 2.46. The molecule has 0 spiro atoms. The largest absolute Gasteiger partial charge is 0.337 e. The smallest absolute Gasteiger partial charge is 0.224 e. The maximum Gasteiger partial charge on any atom is 0.224 e. The molecule has 120 valence electrons. The standard InChI is InChI=1S/C18H20FN3O/c19-17-5-3-15(4-6-17)14-22-11-10-21(9-7-18(22)23)13-16-2-1-8-20-12-16/h1-6,8,12H,7,9-11,13-14H2. The van der Waals surface area contributed by atoms with Crippen LogP contribution in [0.2, 0.25) is 0 Å². The highest BCUT2D eigenvalue weighted by Gasteiger charge is 2.21. The van der Waals surface area contributed by atoms with Crippen LogP contribution < -0.4 is 0 Å². The Kier molecular flexibility index (Phi) is 4.98. The predicted molar refractivity (Wildman–Crippen MR) is 85.9 cm³/mol. The molecule has 4 nitrogen and oxygen atoms in total. The average Bonchev–Trinajstić information content (AvgIpc) is 2.74. The van der Waals surface area contributed by atoms with Gasteiger partial charge in [0, 0.05) is 51.5 Å². The number of rotatable bonds is 4. The molecule has 1 fully saturated rings. The quantitative estimate of drug-likeness (QED) is 0.870. The lowest BCUT2D eigenvalue weighted by atomic mass is 10.2. The number of benzene rings is 1. The molecular formula is C18H20FN3O. The van der Waals surface area contributed by atoms with Crippen LogP contribution in [0.15, 0.2) is 48.8 Å². The van der Waals surface area contributed by atoms with Crippen LogP contribution in [-0.2, 0) is 17.9 Å². The molecule has 23 heavy (non-hydrogen) atoms. The first kappa shape index (κ1) is 15.6. The Balaban J connectivity index is 1.59. The number of hydrogen-bond donors (Lipinski definition) is 0. The molecule has 1 aliphatic rings. The van der Waals surface area contributed by atoms with E-state index in [9.17, 15) is 9.18 Å². The van der Waals surface area contributed by atoms with Crippen molar-refractivity contribution >= 4 is 5.91 Å². The van der Waals surface area contributed by atoms with Crippen molar-refractivity contribution in [3.8, 4) is 0 Å². The number of nitrogens with zero attached hydrogens (tertiary/aromatic N) is 3. The van der Waals surface area contributed by atoms with Gasteiger partial charge in [-0.3, -0.25) is 14.7 Å². The molecule has 1 aliphatic heterocycles. The molecule has 0 aliphatic carbocycles. The number of carbonyl (C=O) groups excluding carboxylic acids is 1. The highest BCUT2D eigenvalue weighted by molar-refractivity contribution is 5.76. The maximum atomic E-state index is 13.0. The van der Waals surface area contributed by atoms with Gasteiger partial charge in [0.15, 0.2) is 0 Å². The lowest BCUT2D eigenvalue weighted by molar-refractivity contribution is -0.130. The summed E-state index contributed by atoms with van der Waals surface area (Å²) in [6.45, 7) is 3.64. The molecule has 0 atom stereocenters. The van der Waals surface area contributed by atoms with E-state index in [0.717, 1.165) is 30.8 Å². The molecule has 0 unspecified atom stereocenters. The van der Waals surface area contributed by atoms with Crippen LogP contribution >= 0.6 is 0 Å². The molecule has 0 radical (unpaired) electrons. The van der Waals surface area contributed by atoms with Crippen LogP contribution in [0.4, 0.5) is 4.39 Å². The molecule has 0 N–H and O–H groups in total. The van der Waals surface area contributed by atoms with E-state index in [4.69, 9.17) is 0 Å². The van der Waals surface area contributed by atoms with E-state index in [1.165, 1.54) is 12.1 Å². The Morgan fingerprint density at radius 3 is 2.57 bits per heavy atom. The summed E-state index contributed by atoms with van der Waals surface area (Å²) in [6.07, 6.45) is 4.14. The molecule has 1 aromatic heterocycles. The third kappa shape index (κ3) is 4.36. The first-order chi connectivity index (χ1) is 11.2. The Bertz CT molecular complexity index is 645. The zero-order chi connectivity index (χ0) is 16.1. The summed E-state index contributed by atoms with van der Waals surface area (Å²) < 4.78 is 13.0. The molecule has 0 bridgehead atoms. The Labute approximate surface area is 135 Å². The number of aromatic nitrogens is 1. The number of carbonyl (C=O) groups is 1. The third-order valence-corrected chi connectivity index (χ3v) is 4.10. The molecular weight excluding hydrogens is 293 g/mol. The van der Waals surface area contributed by atoms with E-state index in [1.54, 1.807) is 18.3 Å². The van der Waals surface area contributed by atoms with Crippen molar-refractivity contribution in [2.24, 2.45) is 0 Å². The van der Waals surface area contributed by atoms with E-state index in [-0.39, 0.29) is 11.7 Å². The van der Waals surface area contributed by atoms with Crippen LogP contribution in [0.5, 0.6) is 0 Å². The Morgan fingerprint density at radius 2 is 1.83 bits per heavy atom. The van der Waals surface area contributed by atoms with Gasteiger partial charge in [0.05, 0.1) is 0 Å². The third-order valence-electron chi connectivity index (χ3n) is 4.10. The van der Waals surface area contributed by atoms with Crippen molar-refractivity contribution in [3.63, 3.8) is 0 Å². The topological polar surface area (TPSA) is 36.4 Å². The molecule has 1 saturated heterocycles. The summed E-state index contributed by atoms with van der Waals surface area (Å²) in [4.78, 5) is 20.6. The van der Waals surface area contributed by atoms with Crippen LogP contribution in [0.25, 0.3) is 0 Å². The van der Waals surface area contributed by atoms with Crippen molar-refractivity contribution in [2.45, 2.75) is 19.5 Å². The maximum absolute atomic E-state index is 13.0. The summed E-state index contributed by atoms with van der Waals surface area (Å²) >= 11 is 0. The van der Waals surface area contributed by atoms with E-state index >= 15 is 0 Å². The summed E-state index contributed by atoms with van der Waals surface area (Å²) in [6, 6.07) is 10.3. The fourth-order valence-corrected chi connectivity index (χ4v) is 2.80. The summed E-state index contributed by atoms with van der Waals surface area (Å²) in [5.41, 5.74) is 2.12. The Morgan fingerprint density at radius 1 is 1.00 bits per heavy atom. The number of amides is 1. The minimum Gasteiger partial charge on any atom is -0.337 e. The first-order valence-electron chi connectivity index (χ1n) is 7.84. The van der Waals surface area contributed by atoms with Crippen LogP contribution in [0, 0.1) is 5.82 Å². The fourth-order valence-electron chi connectivity index (χ4n) is 2.80. The second kappa shape index (κ2) is 7.33. The van der Waals surface area contributed by atoms with E-state index in [0.29, 0.717) is 19.5 Å². The number of pyridine rings is 1. The fraction of sp³-hybridized carbons (Fsp3) is 0.333. The minimum absolute atomic E-state index is 0.156. The van der Waals surface area contributed by atoms with Crippen LogP contribution in [-0.4, -0.2) is 40.3 Å². The van der Waals surface area contributed by atoms with Gasteiger partial charge in [0.25, 0.3) is 0 Å². The normalized spacial score (nSPS) is 16.4. The van der Waals surface area contributed by atoms with Gasteiger partial charge in [0.1, 0.15) is 5.82 Å². The lowest BCUT2D eigenvalue weighted by Crippen LogP contribution is -2.32. The molecule has 0 saturated carbocycles.